The summed E-state index contributed by atoms with van der Waals surface area (Å²) >= 11 is 9.09. The number of ether oxygens (including phenoxy) is 1. The van der Waals surface area contributed by atoms with Crippen molar-refractivity contribution in [3.63, 3.8) is 0 Å². The van der Waals surface area contributed by atoms with E-state index in [1.54, 1.807) is 13.0 Å². The van der Waals surface area contributed by atoms with Crippen molar-refractivity contribution in [2.24, 2.45) is 11.3 Å². The van der Waals surface area contributed by atoms with Gasteiger partial charge in [0.15, 0.2) is 0 Å². The third-order valence-electron chi connectivity index (χ3n) is 6.98. The van der Waals surface area contributed by atoms with E-state index in [0.717, 1.165) is 45.5 Å². The molecule has 0 spiro atoms. The Labute approximate surface area is 229 Å². The Hall–Kier alpha value is -2.74. The predicted octanol–water partition coefficient (Wildman–Crippen LogP) is 8.26. The first kappa shape index (κ1) is 25.9. The molecule has 1 aromatic carbocycles. The number of anilines is 1. The molecular weight excluding hydrogens is 524 g/mol. The maximum absolute atomic E-state index is 13.8. The van der Waals surface area contributed by atoms with Gasteiger partial charge in [-0.1, -0.05) is 50.6 Å². The number of esters is 1. The highest BCUT2D eigenvalue weighted by Crippen LogP contribution is 2.45. The standard InChI is InChI=1S/C29H29ClN2O3S2/c1-5-35-28(34)25-18-11-10-16(29(2,3)4)14-23(18)37-27(25)32-26(33)19-15-21(22-12-13-24(30)36-22)31-20-9-7-6-8-17(19)20/h6-9,12-13,15-16H,5,10-11,14H2,1-4H3,(H,32,33). The molecule has 5 rings (SSSR count). The van der Waals surface area contributed by atoms with Gasteiger partial charge in [0, 0.05) is 10.3 Å². The normalized spacial score (nSPS) is 15.4. The topological polar surface area (TPSA) is 68.3 Å². The number of amides is 1. The van der Waals surface area contributed by atoms with Gasteiger partial charge < -0.3 is 10.1 Å². The van der Waals surface area contributed by atoms with E-state index in [2.05, 4.69) is 26.1 Å². The minimum Gasteiger partial charge on any atom is -0.462 e. The Morgan fingerprint density at radius 2 is 1.95 bits per heavy atom. The van der Waals surface area contributed by atoms with Crippen LogP contribution in [0.1, 0.15) is 65.3 Å². The lowest BCUT2D eigenvalue weighted by Gasteiger charge is -2.33. The second-order valence-corrected chi connectivity index (χ2v) is 13.2. The van der Waals surface area contributed by atoms with Crippen molar-refractivity contribution < 1.29 is 14.3 Å². The molecule has 0 aliphatic heterocycles. The summed E-state index contributed by atoms with van der Waals surface area (Å²) in [4.78, 5) is 33.7. The van der Waals surface area contributed by atoms with E-state index < -0.39 is 0 Å². The number of fused-ring (bicyclic) bond motifs is 2. The molecule has 1 atom stereocenters. The van der Waals surface area contributed by atoms with Crippen LogP contribution in [0.5, 0.6) is 0 Å². The van der Waals surface area contributed by atoms with Gasteiger partial charge >= 0.3 is 5.97 Å². The lowest BCUT2D eigenvalue weighted by atomic mass is 9.72. The fraction of sp³-hybridized carbons (Fsp3) is 0.345. The third kappa shape index (κ3) is 5.17. The molecule has 37 heavy (non-hydrogen) atoms. The number of thiophene rings is 2. The zero-order valence-electron chi connectivity index (χ0n) is 21.3. The average molecular weight is 553 g/mol. The minimum atomic E-state index is -0.377. The van der Waals surface area contributed by atoms with Gasteiger partial charge in [-0.3, -0.25) is 4.79 Å². The molecule has 1 amide bonds. The van der Waals surface area contributed by atoms with Crippen LogP contribution in [0.15, 0.2) is 42.5 Å². The summed E-state index contributed by atoms with van der Waals surface area (Å²) in [5, 5.41) is 4.39. The number of hydrogen-bond donors (Lipinski definition) is 1. The number of pyridine rings is 1. The number of benzene rings is 1. The number of carbonyl (C=O) groups is 2. The second kappa shape index (κ2) is 10.2. The van der Waals surface area contributed by atoms with E-state index in [4.69, 9.17) is 21.3 Å². The number of rotatable bonds is 5. The third-order valence-corrected chi connectivity index (χ3v) is 9.41. The molecule has 5 nitrogen and oxygen atoms in total. The van der Waals surface area contributed by atoms with E-state index in [0.29, 0.717) is 32.1 Å². The van der Waals surface area contributed by atoms with Crippen LogP contribution in [0.25, 0.3) is 21.5 Å². The highest BCUT2D eigenvalue weighted by atomic mass is 35.5. The molecule has 0 saturated heterocycles. The molecular formula is C29H29ClN2O3S2. The molecule has 1 aliphatic rings. The molecule has 3 heterocycles. The second-order valence-electron chi connectivity index (χ2n) is 10.4. The molecule has 0 saturated carbocycles. The smallest absolute Gasteiger partial charge is 0.341 e. The van der Waals surface area contributed by atoms with Crippen LogP contribution in [0.2, 0.25) is 4.34 Å². The number of nitrogens with zero attached hydrogens (tertiary/aromatic N) is 1. The van der Waals surface area contributed by atoms with Crippen LogP contribution in [-0.4, -0.2) is 23.5 Å². The SMILES string of the molecule is CCOC(=O)c1c(NC(=O)c2cc(-c3ccc(Cl)s3)nc3ccccc23)sc2c1CCC(C(C)(C)C)C2. The van der Waals surface area contributed by atoms with Crippen LogP contribution >= 0.6 is 34.3 Å². The summed E-state index contributed by atoms with van der Waals surface area (Å²) in [6.45, 7) is 8.86. The largest absolute Gasteiger partial charge is 0.462 e. The van der Waals surface area contributed by atoms with Crippen molar-refractivity contribution >= 4 is 62.1 Å². The molecule has 0 radical (unpaired) electrons. The van der Waals surface area contributed by atoms with Crippen LogP contribution in [0.3, 0.4) is 0 Å². The molecule has 4 aromatic rings. The summed E-state index contributed by atoms with van der Waals surface area (Å²) in [7, 11) is 0. The summed E-state index contributed by atoms with van der Waals surface area (Å²) in [5.74, 6) is -0.140. The van der Waals surface area contributed by atoms with Crippen LogP contribution in [-0.2, 0) is 17.6 Å². The van der Waals surface area contributed by atoms with E-state index in [1.807, 2.05) is 36.4 Å². The van der Waals surface area contributed by atoms with Crippen LogP contribution < -0.4 is 5.32 Å². The highest BCUT2D eigenvalue weighted by Gasteiger charge is 2.34. The molecule has 1 aliphatic carbocycles. The Balaban J connectivity index is 1.56. The van der Waals surface area contributed by atoms with Gasteiger partial charge in [-0.05, 0) is 67.3 Å². The van der Waals surface area contributed by atoms with Crippen LogP contribution in [0.4, 0.5) is 5.00 Å². The Morgan fingerprint density at radius 3 is 2.65 bits per heavy atom. The quantitative estimate of drug-likeness (QED) is 0.253. The summed E-state index contributed by atoms with van der Waals surface area (Å²) in [5.41, 5.74) is 3.60. The first-order valence-electron chi connectivity index (χ1n) is 12.4. The molecule has 0 bridgehead atoms. The van der Waals surface area contributed by atoms with E-state index in [9.17, 15) is 9.59 Å². The summed E-state index contributed by atoms with van der Waals surface area (Å²) in [6.07, 6.45) is 2.71. The van der Waals surface area contributed by atoms with E-state index >= 15 is 0 Å². The number of hydrogen-bond acceptors (Lipinski definition) is 6. The lowest BCUT2D eigenvalue weighted by Crippen LogP contribution is -2.26. The molecule has 1 N–H and O–H groups in total. The van der Waals surface area contributed by atoms with E-state index in [-0.39, 0.29) is 23.9 Å². The average Bonchev–Trinajstić information content (AvgIpc) is 3.45. The fourth-order valence-electron chi connectivity index (χ4n) is 4.94. The maximum Gasteiger partial charge on any atom is 0.341 e. The Bertz CT molecular complexity index is 1500. The maximum atomic E-state index is 13.8. The van der Waals surface area contributed by atoms with E-state index in [1.165, 1.54) is 22.7 Å². The van der Waals surface area contributed by atoms with Crippen molar-refractivity contribution in [3.8, 4) is 10.6 Å². The first-order chi connectivity index (χ1) is 17.7. The van der Waals surface area contributed by atoms with Crippen molar-refractivity contribution in [2.75, 3.05) is 11.9 Å². The molecule has 8 heteroatoms. The van der Waals surface area contributed by atoms with Gasteiger partial charge in [-0.15, -0.1) is 22.7 Å². The van der Waals surface area contributed by atoms with Gasteiger partial charge in [0.25, 0.3) is 5.91 Å². The molecule has 192 valence electrons. The summed E-state index contributed by atoms with van der Waals surface area (Å²) < 4.78 is 6.08. The number of nitrogens with one attached hydrogen (secondary N) is 1. The van der Waals surface area contributed by atoms with Gasteiger partial charge in [0.2, 0.25) is 0 Å². The highest BCUT2D eigenvalue weighted by molar-refractivity contribution is 7.19. The Morgan fingerprint density at radius 1 is 1.16 bits per heavy atom. The zero-order chi connectivity index (χ0) is 26.3. The first-order valence-corrected chi connectivity index (χ1v) is 14.4. The number of halogens is 1. The molecule has 0 fully saturated rings. The Kier molecular flexibility index (Phi) is 7.14. The van der Waals surface area contributed by atoms with Crippen molar-refractivity contribution in [3.05, 3.63) is 68.4 Å². The fourth-order valence-corrected chi connectivity index (χ4v) is 7.26. The predicted molar refractivity (Wildman–Crippen MR) is 153 cm³/mol. The number of carbonyl (C=O) groups excluding carboxylic acids is 2. The zero-order valence-corrected chi connectivity index (χ0v) is 23.7. The summed E-state index contributed by atoms with van der Waals surface area (Å²) in [6, 6.07) is 13.1. The minimum absolute atomic E-state index is 0.173. The molecule has 1 unspecified atom stereocenters. The molecule has 3 aromatic heterocycles. The van der Waals surface area contributed by atoms with Crippen LogP contribution in [0, 0.1) is 11.3 Å². The van der Waals surface area contributed by atoms with Crippen molar-refractivity contribution in [1.82, 2.24) is 4.98 Å². The van der Waals surface area contributed by atoms with Crippen molar-refractivity contribution in [1.29, 1.82) is 0 Å². The van der Waals surface area contributed by atoms with Gasteiger partial charge in [0.1, 0.15) is 5.00 Å². The number of aromatic nitrogens is 1. The lowest BCUT2D eigenvalue weighted by molar-refractivity contribution is 0.0526. The van der Waals surface area contributed by atoms with Gasteiger partial charge in [0.05, 0.1) is 38.2 Å². The van der Waals surface area contributed by atoms with Gasteiger partial charge in [-0.25, -0.2) is 9.78 Å². The number of para-hydroxylation sites is 1. The monoisotopic (exact) mass is 552 g/mol. The van der Waals surface area contributed by atoms with Gasteiger partial charge in [-0.2, -0.15) is 0 Å². The van der Waals surface area contributed by atoms with Crippen molar-refractivity contribution in [2.45, 2.75) is 47.0 Å².